The molecule has 1 rings (SSSR count). The van der Waals surface area contributed by atoms with Crippen LogP contribution in [0.4, 0.5) is 5.69 Å². The summed E-state index contributed by atoms with van der Waals surface area (Å²) >= 11 is 0. The number of amides is 1. The lowest BCUT2D eigenvalue weighted by molar-refractivity contribution is -0.115. The van der Waals surface area contributed by atoms with Gasteiger partial charge in [-0.25, -0.2) is 0 Å². The maximum Gasteiger partial charge on any atom is 0.238 e. The van der Waals surface area contributed by atoms with E-state index in [4.69, 9.17) is 9.47 Å². The molecule has 0 atom stereocenters. The predicted octanol–water partition coefficient (Wildman–Crippen LogP) is 2.04. The largest absolute Gasteiger partial charge is 0.494 e. The molecule has 1 aromatic rings. The van der Waals surface area contributed by atoms with Crippen LogP contribution in [0.25, 0.3) is 0 Å². The van der Waals surface area contributed by atoms with E-state index in [9.17, 15) is 4.79 Å². The molecule has 0 saturated carbocycles. The number of methoxy groups -OCH3 is 1. The van der Waals surface area contributed by atoms with Gasteiger partial charge in [-0.2, -0.15) is 0 Å². The molecule has 20 heavy (non-hydrogen) atoms. The van der Waals surface area contributed by atoms with E-state index in [2.05, 4.69) is 17.6 Å². The summed E-state index contributed by atoms with van der Waals surface area (Å²) in [7, 11) is 1.63. The molecule has 0 heterocycles. The van der Waals surface area contributed by atoms with Crippen LogP contribution < -0.4 is 15.4 Å². The van der Waals surface area contributed by atoms with Crippen molar-refractivity contribution < 1.29 is 14.3 Å². The van der Waals surface area contributed by atoms with Gasteiger partial charge >= 0.3 is 0 Å². The number of nitrogens with one attached hydrogen (secondary N) is 2. The Morgan fingerprint density at radius 2 is 1.95 bits per heavy atom. The summed E-state index contributed by atoms with van der Waals surface area (Å²) in [5.74, 6) is 0.760. The summed E-state index contributed by atoms with van der Waals surface area (Å²) in [6.07, 6.45) is 2.16. The second-order valence-electron chi connectivity index (χ2n) is 4.44. The quantitative estimate of drug-likeness (QED) is 0.644. The van der Waals surface area contributed by atoms with Gasteiger partial charge in [0.2, 0.25) is 5.91 Å². The lowest BCUT2D eigenvalue weighted by Gasteiger charge is -2.08. The zero-order valence-electron chi connectivity index (χ0n) is 12.3. The smallest absolute Gasteiger partial charge is 0.238 e. The van der Waals surface area contributed by atoms with Crippen molar-refractivity contribution in [2.45, 2.75) is 19.8 Å². The molecule has 0 aliphatic carbocycles. The molecule has 0 fully saturated rings. The minimum absolute atomic E-state index is 0.0687. The van der Waals surface area contributed by atoms with Crippen molar-refractivity contribution in [3.8, 4) is 5.75 Å². The lowest BCUT2D eigenvalue weighted by Crippen LogP contribution is -2.30. The average Bonchev–Trinajstić information content (AvgIpc) is 2.46. The molecule has 1 aromatic carbocycles. The topological polar surface area (TPSA) is 59.6 Å². The fourth-order valence-corrected chi connectivity index (χ4v) is 1.55. The van der Waals surface area contributed by atoms with Gasteiger partial charge in [-0.05, 0) is 30.7 Å². The SMILES string of the molecule is CCCCOc1ccc(NC(=O)CNCCOC)cc1. The third-order valence-corrected chi connectivity index (χ3v) is 2.67. The molecule has 0 aliphatic heterocycles. The number of ether oxygens (including phenoxy) is 2. The number of rotatable bonds is 10. The molecular weight excluding hydrogens is 256 g/mol. The lowest BCUT2D eigenvalue weighted by atomic mass is 10.3. The molecular formula is C15H24N2O3. The second-order valence-corrected chi connectivity index (χ2v) is 4.44. The maximum absolute atomic E-state index is 11.6. The van der Waals surface area contributed by atoms with Gasteiger partial charge in [-0.15, -0.1) is 0 Å². The van der Waals surface area contributed by atoms with E-state index in [0.29, 0.717) is 13.2 Å². The third kappa shape index (κ3) is 7.11. The summed E-state index contributed by atoms with van der Waals surface area (Å²) in [5.41, 5.74) is 0.770. The van der Waals surface area contributed by atoms with Gasteiger partial charge in [0.1, 0.15) is 5.75 Å². The zero-order chi connectivity index (χ0) is 14.6. The van der Waals surface area contributed by atoms with Crippen molar-refractivity contribution in [1.82, 2.24) is 5.32 Å². The minimum atomic E-state index is -0.0687. The number of carbonyl (C=O) groups excluding carboxylic acids is 1. The molecule has 0 spiro atoms. The van der Waals surface area contributed by atoms with E-state index in [1.165, 1.54) is 0 Å². The van der Waals surface area contributed by atoms with Gasteiger partial charge in [0.15, 0.2) is 0 Å². The molecule has 5 heteroatoms. The van der Waals surface area contributed by atoms with Crippen molar-refractivity contribution in [2.24, 2.45) is 0 Å². The summed E-state index contributed by atoms with van der Waals surface area (Å²) in [5, 5.41) is 5.81. The number of hydrogen-bond acceptors (Lipinski definition) is 4. The van der Waals surface area contributed by atoms with E-state index >= 15 is 0 Å². The molecule has 2 N–H and O–H groups in total. The van der Waals surface area contributed by atoms with Crippen molar-refractivity contribution in [1.29, 1.82) is 0 Å². The van der Waals surface area contributed by atoms with Gasteiger partial charge in [-0.3, -0.25) is 4.79 Å². The minimum Gasteiger partial charge on any atom is -0.494 e. The first-order valence-electron chi connectivity index (χ1n) is 6.98. The number of unbranched alkanes of at least 4 members (excludes halogenated alkanes) is 1. The van der Waals surface area contributed by atoms with Crippen LogP contribution in [0.1, 0.15) is 19.8 Å². The molecule has 5 nitrogen and oxygen atoms in total. The van der Waals surface area contributed by atoms with E-state index in [1.54, 1.807) is 7.11 Å². The Balaban J connectivity index is 2.27. The first-order chi connectivity index (χ1) is 9.76. The van der Waals surface area contributed by atoms with E-state index in [-0.39, 0.29) is 12.5 Å². The van der Waals surface area contributed by atoms with Gasteiger partial charge in [0.25, 0.3) is 0 Å². The van der Waals surface area contributed by atoms with Crippen LogP contribution >= 0.6 is 0 Å². The van der Waals surface area contributed by atoms with Crippen LogP contribution in [0.3, 0.4) is 0 Å². The maximum atomic E-state index is 11.6. The molecule has 0 bridgehead atoms. The highest BCUT2D eigenvalue weighted by atomic mass is 16.5. The van der Waals surface area contributed by atoms with Gasteiger partial charge in [0, 0.05) is 19.3 Å². The van der Waals surface area contributed by atoms with Crippen molar-refractivity contribution >= 4 is 11.6 Å². The van der Waals surface area contributed by atoms with Crippen molar-refractivity contribution in [2.75, 3.05) is 38.7 Å². The summed E-state index contributed by atoms with van der Waals surface area (Å²) < 4.78 is 10.4. The van der Waals surface area contributed by atoms with Crippen molar-refractivity contribution in [3.63, 3.8) is 0 Å². The molecule has 0 aromatic heterocycles. The second kappa shape index (κ2) is 10.2. The van der Waals surface area contributed by atoms with Gasteiger partial charge in [0.05, 0.1) is 19.8 Å². The molecule has 1 amide bonds. The molecule has 0 saturated heterocycles. The average molecular weight is 280 g/mol. The van der Waals surface area contributed by atoms with Gasteiger partial charge in [-0.1, -0.05) is 13.3 Å². The predicted molar refractivity (Wildman–Crippen MR) is 80.2 cm³/mol. The van der Waals surface area contributed by atoms with Crippen LogP contribution in [-0.4, -0.2) is 39.3 Å². The Hall–Kier alpha value is -1.59. The van der Waals surface area contributed by atoms with Crippen LogP contribution in [-0.2, 0) is 9.53 Å². The fraction of sp³-hybridized carbons (Fsp3) is 0.533. The number of anilines is 1. The standard InChI is InChI=1S/C15H24N2O3/c1-3-4-10-20-14-7-5-13(6-8-14)17-15(18)12-16-9-11-19-2/h5-8,16H,3-4,9-12H2,1-2H3,(H,17,18). The number of hydrogen-bond donors (Lipinski definition) is 2. The normalized spacial score (nSPS) is 10.3. The number of carbonyl (C=O) groups is 1. The van der Waals surface area contributed by atoms with Crippen LogP contribution in [0, 0.1) is 0 Å². The zero-order valence-corrected chi connectivity index (χ0v) is 12.3. The summed E-state index contributed by atoms with van der Waals surface area (Å²) in [4.78, 5) is 11.6. The first-order valence-corrected chi connectivity index (χ1v) is 6.98. The van der Waals surface area contributed by atoms with Crippen LogP contribution in [0.5, 0.6) is 5.75 Å². The Bertz CT molecular complexity index is 379. The Kier molecular flexibility index (Phi) is 8.42. The van der Waals surface area contributed by atoms with E-state index < -0.39 is 0 Å². The molecule has 0 radical (unpaired) electrons. The molecule has 112 valence electrons. The fourth-order valence-electron chi connectivity index (χ4n) is 1.55. The van der Waals surface area contributed by atoms with Crippen LogP contribution in [0.15, 0.2) is 24.3 Å². The monoisotopic (exact) mass is 280 g/mol. The highest BCUT2D eigenvalue weighted by molar-refractivity contribution is 5.92. The third-order valence-electron chi connectivity index (χ3n) is 2.67. The van der Waals surface area contributed by atoms with E-state index in [0.717, 1.165) is 30.9 Å². The van der Waals surface area contributed by atoms with Gasteiger partial charge < -0.3 is 20.1 Å². The van der Waals surface area contributed by atoms with Crippen LogP contribution in [0.2, 0.25) is 0 Å². The highest BCUT2D eigenvalue weighted by Gasteiger charge is 2.02. The number of benzene rings is 1. The molecule has 0 unspecified atom stereocenters. The Morgan fingerprint density at radius 3 is 2.60 bits per heavy atom. The summed E-state index contributed by atoms with van der Waals surface area (Å²) in [6, 6.07) is 7.41. The van der Waals surface area contributed by atoms with Crippen molar-refractivity contribution in [3.05, 3.63) is 24.3 Å². The van der Waals surface area contributed by atoms with E-state index in [1.807, 2.05) is 24.3 Å². The Labute approximate surface area is 120 Å². The first kappa shape index (κ1) is 16.5. The Morgan fingerprint density at radius 1 is 1.20 bits per heavy atom. The summed E-state index contributed by atoms with van der Waals surface area (Å²) in [6.45, 7) is 4.39. The highest BCUT2D eigenvalue weighted by Crippen LogP contribution is 2.15. The molecule has 0 aliphatic rings.